The molecule has 2 heterocycles. The zero-order valence-electron chi connectivity index (χ0n) is 13.7. The number of carbonyl (C=O) groups is 2. The van der Waals surface area contributed by atoms with Crippen LogP contribution in [-0.2, 0) is 16.1 Å². The molecule has 3 N–H and O–H groups in total. The number of hydrogen-bond acceptors (Lipinski definition) is 5. The molecule has 2 aromatic rings. The number of nitriles is 1. The van der Waals surface area contributed by atoms with E-state index in [0.717, 1.165) is 0 Å². The normalized spacial score (nSPS) is 16.3. The number of aromatic nitrogens is 1. The molecule has 0 saturated carbocycles. The number of hydrogen-bond donors (Lipinski definition) is 2. The van der Waals surface area contributed by atoms with Gasteiger partial charge < -0.3 is 15.0 Å². The van der Waals surface area contributed by atoms with E-state index in [0.29, 0.717) is 11.3 Å². The highest BCUT2D eigenvalue weighted by Crippen LogP contribution is 2.37. The van der Waals surface area contributed by atoms with Crippen LogP contribution in [0.1, 0.15) is 27.8 Å². The molecule has 3 rings (SSSR count). The van der Waals surface area contributed by atoms with E-state index in [1.54, 1.807) is 30.3 Å². The Labute approximate surface area is 151 Å². The quantitative estimate of drug-likeness (QED) is 0.792. The molecule has 1 amide bonds. The number of nitrogens with zero attached hydrogens (tertiary/aromatic N) is 2. The van der Waals surface area contributed by atoms with Crippen LogP contribution in [0.2, 0.25) is 0 Å². The van der Waals surface area contributed by atoms with Crippen molar-refractivity contribution in [1.82, 2.24) is 9.88 Å². The monoisotopic (exact) mass is 378 g/mol. The number of carbonyl (C=O) groups excluding carboxylic acids is 2. The lowest BCUT2D eigenvalue weighted by molar-refractivity contribution is -0.207. The van der Waals surface area contributed by atoms with Gasteiger partial charge in [-0.3, -0.25) is 10.1 Å². The van der Waals surface area contributed by atoms with Gasteiger partial charge in [0.2, 0.25) is 0 Å². The van der Waals surface area contributed by atoms with E-state index in [-0.39, 0.29) is 29.9 Å². The summed E-state index contributed by atoms with van der Waals surface area (Å²) in [5.74, 6) is -3.42. The maximum atomic E-state index is 12.6. The minimum Gasteiger partial charge on any atom is -0.434 e. The molecule has 0 fully saturated rings. The number of primary amides is 1. The fraction of sp³-hybridized carbons (Fsp3) is 0.235. The van der Waals surface area contributed by atoms with Crippen LogP contribution >= 0.6 is 0 Å². The van der Waals surface area contributed by atoms with E-state index in [9.17, 15) is 28.0 Å². The molecule has 1 atom stereocenters. The average Bonchev–Trinajstić information content (AvgIpc) is 2.97. The predicted octanol–water partition coefficient (Wildman–Crippen LogP) is 1.83. The molecule has 1 aromatic carbocycles. The van der Waals surface area contributed by atoms with Crippen molar-refractivity contribution in [2.24, 2.45) is 5.73 Å². The van der Waals surface area contributed by atoms with Gasteiger partial charge in [-0.1, -0.05) is 30.3 Å². The van der Waals surface area contributed by atoms with Crippen LogP contribution in [0.15, 0.2) is 30.3 Å². The summed E-state index contributed by atoms with van der Waals surface area (Å²) in [7, 11) is 0. The first kappa shape index (κ1) is 18.5. The molecule has 10 heteroatoms. The second-order valence-electron chi connectivity index (χ2n) is 5.71. The molecule has 27 heavy (non-hydrogen) atoms. The Balaban J connectivity index is 2.21. The molecule has 0 saturated heterocycles. The molecule has 1 aliphatic rings. The molecule has 0 radical (unpaired) electrons. The summed E-state index contributed by atoms with van der Waals surface area (Å²) in [5, 5.41) is 12.2. The highest BCUT2D eigenvalue weighted by atomic mass is 19.4. The SMILES string of the molecule is N#Cc1c(C(N)=O)c2n(c1-c1ccccc1)CCNC2OC(=O)C(F)(F)F. The maximum absolute atomic E-state index is 12.6. The second kappa shape index (κ2) is 6.77. The topological polar surface area (TPSA) is 110 Å². The number of benzene rings is 1. The number of rotatable bonds is 3. The van der Waals surface area contributed by atoms with Crippen molar-refractivity contribution >= 4 is 11.9 Å². The van der Waals surface area contributed by atoms with Crippen LogP contribution in [0.5, 0.6) is 0 Å². The van der Waals surface area contributed by atoms with Crippen molar-refractivity contribution in [3.63, 3.8) is 0 Å². The van der Waals surface area contributed by atoms with E-state index >= 15 is 0 Å². The third-order valence-electron chi connectivity index (χ3n) is 4.08. The Bertz CT molecular complexity index is 945. The predicted molar refractivity (Wildman–Crippen MR) is 86.0 cm³/mol. The third kappa shape index (κ3) is 3.24. The molecule has 1 aliphatic heterocycles. The van der Waals surface area contributed by atoms with Crippen molar-refractivity contribution in [2.45, 2.75) is 18.9 Å². The molecule has 0 spiro atoms. The highest BCUT2D eigenvalue weighted by Gasteiger charge is 2.44. The fourth-order valence-electron chi connectivity index (χ4n) is 3.07. The summed E-state index contributed by atoms with van der Waals surface area (Å²) >= 11 is 0. The first-order valence-electron chi connectivity index (χ1n) is 7.78. The number of alkyl halides is 3. The van der Waals surface area contributed by atoms with Crippen LogP contribution in [0.25, 0.3) is 11.3 Å². The van der Waals surface area contributed by atoms with E-state index < -0.39 is 24.3 Å². The lowest BCUT2D eigenvalue weighted by Gasteiger charge is -2.28. The number of halogens is 3. The van der Waals surface area contributed by atoms with E-state index in [4.69, 9.17) is 5.73 Å². The zero-order chi connectivity index (χ0) is 19.8. The van der Waals surface area contributed by atoms with E-state index in [2.05, 4.69) is 10.1 Å². The Morgan fingerprint density at radius 3 is 2.52 bits per heavy atom. The molecule has 1 unspecified atom stereocenters. The zero-order valence-corrected chi connectivity index (χ0v) is 13.7. The fourth-order valence-corrected chi connectivity index (χ4v) is 3.07. The van der Waals surface area contributed by atoms with Gasteiger partial charge in [0.25, 0.3) is 5.91 Å². The Hall–Kier alpha value is -3.32. The van der Waals surface area contributed by atoms with E-state index in [1.165, 1.54) is 4.57 Å². The number of ether oxygens (including phenoxy) is 1. The summed E-state index contributed by atoms with van der Waals surface area (Å²) in [6.07, 6.45) is -6.77. The van der Waals surface area contributed by atoms with Gasteiger partial charge in [-0.15, -0.1) is 0 Å². The summed E-state index contributed by atoms with van der Waals surface area (Å²) in [5.41, 5.74) is 5.86. The Kier molecular flexibility index (Phi) is 4.63. The molecule has 7 nitrogen and oxygen atoms in total. The largest absolute Gasteiger partial charge is 0.490 e. The van der Waals surface area contributed by atoms with Gasteiger partial charge in [0.15, 0.2) is 6.23 Å². The van der Waals surface area contributed by atoms with Crippen molar-refractivity contribution < 1.29 is 27.5 Å². The van der Waals surface area contributed by atoms with Gasteiger partial charge >= 0.3 is 12.1 Å². The molecular formula is C17H13F3N4O3. The number of esters is 1. The number of nitrogens with two attached hydrogens (primary N) is 1. The van der Waals surface area contributed by atoms with Crippen molar-refractivity contribution in [3.05, 3.63) is 47.2 Å². The average molecular weight is 378 g/mol. The maximum Gasteiger partial charge on any atom is 0.490 e. The smallest absolute Gasteiger partial charge is 0.434 e. The first-order valence-corrected chi connectivity index (χ1v) is 7.78. The first-order chi connectivity index (χ1) is 12.8. The molecule has 140 valence electrons. The van der Waals surface area contributed by atoms with Gasteiger partial charge in [0.05, 0.1) is 22.5 Å². The van der Waals surface area contributed by atoms with Crippen molar-refractivity contribution in [1.29, 1.82) is 5.26 Å². The van der Waals surface area contributed by atoms with Crippen molar-refractivity contribution in [2.75, 3.05) is 6.54 Å². The van der Waals surface area contributed by atoms with Gasteiger partial charge in [0.1, 0.15) is 6.07 Å². The second-order valence-corrected chi connectivity index (χ2v) is 5.71. The highest BCUT2D eigenvalue weighted by molar-refractivity contribution is 5.99. The Morgan fingerprint density at radius 1 is 1.30 bits per heavy atom. The molecule has 0 bridgehead atoms. The third-order valence-corrected chi connectivity index (χ3v) is 4.08. The van der Waals surface area contributed by atoms with Crippen LogP contribution in [-0.4, -0.2) is 29.2 Å². The van der Waals surface area contributed by atoms with Crippen molar-refractivity contribution in [3.8, 4) is 17.3 Å². The number of amides is 1. The lowest BCUT2D eigenvalue weighted by atomic mass is 10.0. The molecule has 1 aromatic heterocycles. The summed E-state index contributed by atoms with van der Waals surface area (Å²) < 4.78 is 43.8. The van der Waals surface area contributed by atoms with Gasteiger partial charge in [0, 0.05) is 13.1 Å². The van der Waals surface area contributed by atoms with E-state index in [1.807, 2.05) is 6.07 Å². The Morgan fingerprint density at radius 2 is 1.96 bits per heavy atom. The van der Waals surface area contributed by atoms with Crippen LogP contribution in [0, 0.1) is 11.3 Å². The van der Waals surface area contributed by atoms with Gasteiger partial charge in [-0.25, -0.2) is 4.79 Å². The summed E-state index contributed by atoms with van der Waals surface area (Å²) in [6, 6.07) is 10.4. The minimum absolute atomic E-state index is 0.0817. The summed E-state index contributed by atoms with van der Waals surface area (Å²) in [4.78, 5) is 23.3. The molecule has 0 aliphatic carbocycles. The van der Waals surface area contributed by atoms with Crippen LogP contribution in [0.3, 0.4) is 0 Å². The van der Waals surface area contributed by atoms with Crippen LogP contribution < -0.4 is 11.1 Å². The van der Waals surface area contributed by atoms with Gasteiger partial charge in [-0.2, -0.15) is 18.4 Å². The molecular weight excluding hydrogens is 365 g/mol. The minimum atomic E-state index is -5.20. The van der Waals surface area contributed by atoms with Gasteiger partial charge in [-0.05, 0) is 5.56 Å². The van der Waals surface area contributed by atoms with Crippen LogP contribution in [0.4, 0.5) is 13.2 Å². The standard InChI is InChI=1S/C17H13F3N4O3/c18-17(19,20)16(26)27-15-13-11(14(22)25)10(8-21)12(24(13)7-6-23-15)9-4-2-1-3-5-9/h1-5,15,23H,6-7H2,(H2,22,25). The summed E-state index contributed by atoms with van der Waals surface area (Å²) in [6.45, 7) is 0.391. The lowest BCUT2D eigenvalue weighted by Crippen LogP contribution is -2.40. The number of fused-ring (bicyclic) bond motifs is 1. The number of nitrogens with one attached hydrogen (secondary N) is 1.